The quantitative estimate of drug-likeness (QED) is 0.628. The van der Waals surface area contributed by atoms with Crippen molar-refractivity contribution in [3.05, 3.63) is 27.8 Å². The van der Waals surface area contributed by atoms with Gasteiger partial charge in [-0.2, -0.15) is 0 Å². The summed E-state index contributed by atoms with van der Waals surface area (Å²) < 4.78 is 5.04. The molecule has 1 aliphatic rings. The van der Waals surface area contributed by atoms with Crippen LogP contribution in [0.3, 0.4) is 0 Å². The lowest BCUT2D eigenvalue weighted by Gasteiger charge is -2.20. The number of benzene rings is 1. The molecular weight excluding hydrogens is 316 g/mol. The fourth-order valence-corrected chi connectivity index (χ4v) is 3.85. The summed E-state index contributed by atoms with van der Waals surface area (Å²) in [6, 6.07) is 2.93. The molecule has 6 nitrogen and oxygen atoms in total. The average Bonchev–Trinajstić information content (AvgIpc) is 2.55. The lowest BCUT2D eigenvalue weighted by Crippen LogP contribution is -2.18. The summed E-state index contributed by atoms with van der Waals surface area (Å²) in [7, 11) is 1.38. The zero-order chi connectivity index (χ0) is 16.8. The minimum atomic E-state index is -0.490. The highest BCUT2D eigenvalue weighted by atomic mass is 32.2. The Labute approximate surface area is 140 Å². The molecule has 1 saturated carbocycles. The molecule has 2 rings (SSSR count). The van der Waals surface area contributed by atoms with E-state index in [2.05, 4.69) is 5.32 Å². The van der Waals surface area contributed by atoms with Crippen molar-refractivity contribution in [1.29, 1.82) is 0 Å². The first kappa shape index (κ1) is 17.6. The molecule has 23 heavy (non-hydrogen) atoms. The number of ether oxygens (including phenoxy) is 1. The third-order valence-electron chi connectivity index (χ3n) is 4.00. The van der Waals surface area contributed by atoms with Gasteiger partial charge in [0.1, 0.15) is 0 Å². The fourth-order valence-electron chi connectivity index (χ4n) is 2.73. The SMILES string of the molecule is COc1cc(NC(=O)CSC2CCCCC2)c(C)cc1[N+](=O)[O-]. The van der Waals surface area contributed by atoms with Crippen LogP contribution in [0.15, 0.2) is 12.1 Å². The fraction of sp³-hybridized carbons (Fsp3) is 0.562. The summed E-state index contributed by atoms with van der Waals surface area (Å²) in [6.07, 6.45) is 6.16. The Bertz CT molecular complexity index is 586. The van der Waals surface area contributed by atoms with E-state index in [1.165, 1.54) is 51.3 Å². The van der Waals surface area contributed by atoms with Crippen LogP contribution in [0, 0.1) is 17.0 Å². The Morgan fingerprint density at radius 2 is 2.09 bits per heavy atom. The third kappa shape index (κ3) is 4.86. The van der Waals surface area contributed by atoms with Crippen molar-refractivity contribution in [2.45, 2.75) is 44.3 Å². The Balaban J connectivity index is 1.98. The number of nitro benzene ring substituents is 1. The molecule has 0 aliphatic heterocycles. The number of anilines is 1. The molecule has 0 heterocycles. The van der Waals surface area contributed by atoms with Crippen molar-refractivity contribution >= 4 is 29.0 Å². The first-order valence-electron chi connectivity index (χ1n) is 7.75. The molecule has 0 aromatic heterocycles. The van der Waals surface area contributed by atoms with Gasteiger partial charge in [0, 0.05) is 23.1 Å². The van der Waals surface area contributed by atoms with Gasteiger partial charge in [-0.1, -0.05) is 19.3 Å². The second kappa shape index (κ2) is 8.19. The molecular formula is C16H22N2O4S. The van der Waals surface area contributed by atoms with Gasteiger partial charge in [0.25, 0.3) is 0 Å². The number of carbonyl (C=O) groups is 1. The van der Waals surface area contributed by atoms with Crippen molar-refractivity contribution in [3.8, 4) is 5.75 Å². The molecule has 0 saturated heterocycles. The number of carbonyl (C=O) groups excluding carboxylic acids is 1. The summed E-state index contributed by atoms with van der Waals surface area (Å²) in [5.41, 5.74) is 1.11. The Morgan fingerprint density at radius 3 is 2.70 bits per heavy atom. The van der Waals surface area contributed by atoms with Crippen molar-refractivity contribution in [1.82, 2.24) is 0 Å². The molecule has 126 valence electrons. The molecule has 0 bridgehead atoms. The van der Waals surface area contributed by atoms with Crippen LogP contribution in [0.1, 0.15) is 37.7 Å². The van der Waals surface area contributed by atoms with Crippen LogP contribution < -0.4 is 10.1 Å². The summed E-state index contributed by atoms with van der Waals surface area (Å²) in [6.45, 7) is 1.73. The molecule has 0 radical (unpaired) electrons. The van der Waals surface area contributed by atoms with E-state index in [-0.39, 0.29) is 17.3 Å². The van der Waals surface area contributed by atoms with Crippen molar-refractivity contribution in [2.24, 2.45) is 0 Å². The van der Waals surface area contributed by atoms with Gasteiger partial charge in [-0.3, -0.25) is 14.9 Å². The van der Waals surface area contributed by atoms with Gasteiger partial charge in [0.2, 0.25) is 5.91 Å². The van der Waals surface area contributed by atoms with Crippen LogP contribution in [-0.2, 0) is 4.79 Å². The lowest BCUT2D eigenvalue weighted by molar-refractivity contribution is -0.385. The van der Waals surface area contributed by atoms with Crippen LogP contribution in [0.2, 0.25) is 0 Å². The highest BCUT2D eigenvalue weighted by molar-refractivity contribution is 8.00. The van der Waals surface area contributed by atoms with Gasteiger partial charge in [-0.25, -0.2) is 0 Å². The maximum absolute atomic E-state index is 12.1. The van der Waals surface area contributed by atoms with Crippen LogP contribution in [0.25, 0.3) is 0 Å². The van der Waals surface area contributed by atoms with Crippen molar-refractivity contribution in [3.63, 3.8) is 0 Å². The maximum atomic E-state index is 12.1. The molecule has 1 aromatic carbocycles. The predicted molar refractivity (Wildman–Crippen MR) is 92.3 cm³/mol. The zero-order valence-corrected chi connectivity index (χ0v) is 14.3. The van der Waals surface area contributed by atoms with E-state index in [1.54, 1.807) is 18.7 Å². The monoisotopic (exact) mass is 338 g/mol. The lowest BCUT2D eigenvalue weighted by atomic mass is 10.0. The number of hydrogen-bond acceptors (Lipinski definition) is 5. The molecule has 0 spiro atoms. The van der Waals surface area contributed by atoms with E-state index in [9.17, 15) is 14.9 Å². The molecule has 1 aromatic rings. The Kier molecular flexibility index (Phi) is 6.27. The Morgan fingerprint density at radius 1 is 1.39 bits per heavy atom. The average molecular weight is 338 g/mol. The van der Waals surface area contributed by atoms with Gasteiger partial charge in [0.15, 0.2) is 5.75 Å². The maximum Gasteiger partial charge on any atom is 0.311 e. The van der Waals surface area contributed by atoms with E-state index in [0.29, 0.717) is 22.3 Å². The number of nitro groups is 1. The van der Waals surface area contributed by atoms with Crippen LogP contribution in [0.5, 0.6) is 5.75 Å². The molecule has 7 heteroatoms. The molecule has 0 atom stereocenters. The number of rotatable bonds is 6. The van der Waals surface area contributed by atoms with Gasteiger partial charge in [-0.15, -0.1) is 11.8 Å². The van der Waals surface area contributed by atoms with E-state index < -0.39 is 4.92 Å². The normalized spacial score (nSPS) is 15.2. The number of hydrogen-bond donors (Lipinski definition) is 1. The largest absolute Gasteiger partial charge is 0.490 e. The van der Waals surface area contributed by atoms with E-state index in [1.807, 2.05) is 0 Å². The number of nitrogens with zero attached hydrogens (tertiary/aromatic N) is 1. The van der Waals surface area contributed by atoms with E-state index in [0.717, 1.165) is 0 Å². The van der Waals surface area contributed by atoms with Gasteiger partial charge in [0.05, 0.1) is 17.8 Å². The highest BCUT2D eigenvalue weighted by Gasteiger charge is 2.19. The van der Waals surface area contributed by atoms with Crippen molar-refractivity contribution in [2.75, 3.05) is 18.2 Å². The minimum Gasteiger partial charge on any atom is -0.490 e. The standard InChI is InChI=1S/C16H22N2O4S/c1-11-8-14(18(20)21)15(22-2)9-13(11)17-16(19)10-23-12-6-4-3-5-7-12/h8-9,12H,3-7,10H2,1-2H3,(H,17,19). The van der Waals surface area contributed by atoms with Crippen molar-refractivity contribution < 1.29 is 14.5 Å². The van der Waals surface area contributed by atoms with E-state index >= 15 is 0 Å². The first-order chi connectivity index (χ1) is 11.0. The van der Waals surface area contributed by atoms with Gasteiger partial charge < -0.3 is 10.1 Å². The predicted octanol–water partition coefficient (Wildman–Crippen LogP) is 3.92. The van der Waals surface area contributed by atoms with Crippen LogP contribution in [-0.4, -0.2) is 28.9 Å². The highest BCUT2D eigenvalue weighted by Crippen LogP contribution is 2.33. The zero-order valence-electron chi connectivity index (χ0n) is 13.5. The topological polar surface area (TPSA) is 81.5 Å². The summed E-state index contributed by atoms with van der Waals surface area (Å²) >= 11 is 1.70. The second-order valence-corrected chi connectivity index (χ2v) is 7.00. The molecule has 0 unspecified atom stereocenters. The number of nitrogens with one attached hydrogen (secondary N) is 1. The van der Waals surface area contributed by atoms with Gasteiger partial charge in [-0.05, 0) is 25.3 Å². The third-order valence-corrected chi connectivity index (χ3v) is 5.37. The van der Waals surface area contributed by atoms with Crippen LogP contribution in [0.4, 0.5) is 11.4 Å². The number of amides is 1. The molecule has 1 amide bonds. The number of thioether (sulfide) groups is 1. The molecule has 1 aliphatic carbocycles. The van der Waals surface area contributed by atoms with E-state index in [4.69, 9.17) is 4.74 Å². The second-order valence-electron chi connectivity index (χ2n) is 5.72. The minimum absolute atomic E-state index is 0.0837. The summed E-state index contributed by atoms with van der Waals surface area (Å²) in [4.78, 5) is 22.6. The smallest absolute Gasteiger partial charge is 0.311 e. The molecule has 1 N–H and O–H groups in total. The summed E-state index contributed by atoms with van der Waals surface area (Å²) in [5, 5.41) is 14.4. The summed E-state index contributed by atoms with van der Waals surface area (Å²) in [5.74, 6) is 0.471. The number of methoxy groups -OCH3 is 1. The number of aryl methyl sites for hydroxylation is 1. The van der Waals surface area contributed by atoms with Crippen LogP contribution >= 0.6 is 11.8 Å². The molecule has 1 fully saturated rings. The first-order valence-corrected chi connectivity index (χ1v) is 8.80. The van der Waals surface area contributed by atoms with Gasteiger partial charge >= 0.3 is 5.69 Å². The Hall–Kier alpha value is -1.76.